The van der Waals surface area contributed by atoms with Crippen molar-refractivity contribution in [2.75, 3.05) is 10.3 Å². The van der Waals surface area contributed by atoms with Crippen LogP contribution in [-0.2, 0) is 9.59 Å². The van der Waals surface area contributed by atoms with Crippen LogP contribution in [0.3, 0.4) is 0 Å². The number of carbonyl (C=O) groups excluding carboxylic acids is 2. The summed E-state index contributed by atoms with van der Waals surface area (Å²) in [6, 6.07) is 4.66. The zero-order valence-electron chi connectivity index (χ0n) is 14.7. The number of amides is 2. The van der Waals surface area contributed by atoms with E-state index in [9.17, 15) is 9.59 Å². The van der Waals surface area contributed by atoms with Crippen LogP contribution < -0.4 is 15.8 Å². The lowest BCUT2D eigenvalue weighted by molar-refractivity contribution is -0.116. The minimum absolute atomic E-state index is 0.0309. The van der Waals surface area contributed by atoms with Crippen molar-refractivity contribution in [2.45, 2.75) is 12.3 Å². The molecule has 2 aromatic carbocycles. The van der Waals surface area contributed by atoms with Gasteiger partial charge in [0.05, 0.1) is 35.8 Å². The molecule has 0 saturated carbocycles. The fraction of sp³-hybridized carbons (Fsp3) is 0.118. The lowest BCUT2D eigenvalue weighted by Gasteiger charge is -2.21. The van der Waals surface area contributed by atoms with Gasteiger partial charge in [0.25, 0.3) is 5.91 Å². The summed E-state index contributed by atoms with van der Waals surface area (Å²) in [7, 11) is 0. The van der Waals surface area contributed by atoms with E-state index in [2.05, 4.69) is 15.7 Å². The van der Waals surface area contributed by atoms with Crippen LogP contribution >= 0.6 is 81.2 Å². The van der Waals surface area contributed by atoms with Crippen LogP contribution in [-0.4, -0.2) is 23.0 Å². The van der Waals surface area contributed by atoms with E-state index >= 15 is 0 Å². The van der Waals surface area contributed by atoms with Gasteiger partial charge < -0.3 is 5.32 Å². The second-order valence-corrected chi connectivity index (χ2v) is 8.64. The first-order chi connectivity index (χ1) is 14.0. The Morgan fingerprint density at radius 2 is 1.60 bits per heavy atom. The van der Waals surface area contributed by atoms with E-state index in [1.807, 2.05) is 0 Å². The monoisotopic (exact) mass is 546 g/mol. The number of rotatable bonds is 3. The summed E-state index contributed by atoms with van der Waals surface area (Å²) in [4.78, 5) is 28.3. The number of benzene rings is 2. The first-order valence-electron chi connectivity index (χ1n) is 7.94. The number of halogens is 7. The molecule has 0 radical (unpaired) electrons. The van der Waals surface area contributed by atoms with E-state index < -0.39 is 11.3 Å². The van der Waals surface area contributed by atoms with Crippen molar-refractivity contribution < 1.29 is 9.59 Å². The lowest BCUT2D eigenvalue weighted by atomic mass is 10.2. The molecule has 0 bridgehead atoms. The highest BCUT2D eigenvalue weighted by Gasteiger charge is 2.40. The molecular formula is C17H9Cl7N4O2. The van der Waals surface area contributed by atoms with Crippen LogP contribution in [0.1, 0.15) is 6.92 Å². The minimum Gasteiger partial charge on any atom is -0.326 e. The number of hydrogen-bond acceptors (Lipinski definition) is 3. The van der Waals surface area contributed by atoms with Crippen LogP contribution in [0.2, 0.25) is 30.1 Å². The van der Waals surface area contributed by atoms with E-state index in [-0.39, 0.29) is 53.3 Å². The Morgan fingerprint density at radius 1 is 1.03 bits per heavy atom. The number of aliphatic imine (C=N–C) groups is 1. The topological polar surface area (TPSA) is 73.8 Å². The van der Waals surface area contributed by atoms with Crippen molar-refractivity contribution in [2.24, 2.45) is 4.99 Å². The predicted octanol–water partition coefficient (Wildman–Crippen LogP) is 6.75. The third-order valence-corrected chi connectivity index (χ3v) is 6.79. The maximum absolute atomic E-state index is 12.7. The molecule has 30 heavy (non-hydrogen) atoms. The third-order valence-electron chi connectivity index (χ3n) is 3.82. The third kappa shape index (κ3) is 4.41. The molecule has 1 saturated heterocycles. The van der Waals surface area contributed by atoms with Crippen molar-refractivity contribution in [3.8, 4) is 0 Å². The van der Waals surface area contributed by atoms with E-state index in [1.165, 1.54) is 19.1 Å². The van der Waals surface area contributed by atoms with E-state index in [1.54, 1.807) is 6.07 Å². The van der Waals surface area contributed by atoms with Crippen molar-refractivity contribution in [1.29, 1.82) is 0 Å². The molecule has 2 amide bonds. The first-order valence-corrected chi connectivity index (χ1v) is 10.6. The molecule has 1 aliphatic rings. The van der Waals surface area contributed by atoms with Crippen molar-refractivity contribution in [3.63, 3.8) is 0 Å². The number of nitrogens with one attached hydrogen (secondary N) is 2. The predicted molar refractivity (Wildman–Crippen MR) is 125 cm³/mol. The highest BCUT2D eigenvalue weighted by molar-refractivity contribution is 6.57. The molecule has 1 aliphatic heterocycles. The summed E-state index contributed by atoms with van der Waals surface area (Å²) >= 11 is 43.0. The summed E-state index contributed by atoms with van der Waals surface area (Å²) in [6.07, 6.45) is 0. The molecule has 1 heterocycles. The van der Waals surface area contributed by atoms with Crippen molar-refractivity contribution in [1.82, 2.24) is 5.43 Å². The smallest absolute Gasteiger partial charge is 0.271 e. The van der Waals surface area contributed by atoms with Crippen LogP contribution in [0.25, 0.3) is 0 Å². The molecule has 3 rings (SSSR count). The van der Waals surface area contributed by atoms with Gasteiger partial charge in [-0.15, -0.1) is 11.6 Å². The van der Waals surface area contributed by atoms with Gasteiger partial charge in [0.2, 0.25) is 5.91 Å². The van der Waals surface area contributed by atoms with E-state index in [4.69, 9.17) is 81.2 Å². The minimum atomic E-state index is -1.22. The maximum atomic E-state index is 12.7. The summed E-state index contributed by atoms with van der Waals surface area (Å²) in [5.74, 6) is -0.868. The molecule has 0 aromatic heterocycles. The number of hydrazine groups is 1. The van der Waals surface area contributed by atoms with Gasteiger partial charge in [-0.1, -0.05) is 69.6 Å². The summed E-state index contributed by atoms with van der Waals surface area (Å²) in [6.45, 7) is 1.36. The Bertz CT molecular complexity index is 1080. The Kier molecular flexibility index (Phi) is 7.19. The fourth-order valence-corrected chi connectivity index (χ4v) is 4.16. The molecule has 2 aromatic rings. The number of amidine groups is 1. The molecule has 13 heteroatoms. The fourth-order valence-electron chi connectivity index (χ4n) is 2.50. The van der Waals surface area contributed by atoms with Gasteiger partial charge in [-0.3, -0.25) is 15.0 Å². The van der Waals surface area contributed by atoms with Crippen LogP contribution in [0.5, 0.6) is 0 Å². The number of alkyl halides is 1. The van der Waals surface area contributed by atoms with Crippen LogP contribution in [0, 0.1) is 0 Å². The Morgan fingerprint density at radius 3 is 2.17 bits per heavy atom. The van der Waals surface area contributed by atoms with Crippen molar-refractivity contribution >= 4 is 116 Å². The molecule has 0 aliphatic carbocycles. The summed E-state index contributed by atoms with van der Waals surface area (Å²) in [5.41, 5.74) is 3.41. The van der Waals surface area contributed by atoms with Gasteiger partial charge in [0.1, 0.15) is 11.5 Å². The summed E-state index contributed by atoms with van der Waals surface area (Å²) in [5, 5.41) is 2.20. The standard InChI is InChI=1S/C17H9Cl7N4O2/c1-5(29)25-6-2-3-7(18)8(4-6)26-16-14(24)17(30)28(27-16)15-12(22)10(20)9(19)11(21)13(15)23/h2-4,14H,1H3,(H,25,29)(H,26,27). The number of anilines is 2. The van der Waals surface area contributed by atoms with Gasteiger partial charge in [-0.2, -0.15) is 0 Å². The molecule has 1 atom stereocenters. The normalized spacial score (nSPS) is 17.5. The van der Waals surface area contributed by atoms with Gasteiger partial charge in [-0.05, 0) is 18.2 Å². The number of carbonyl (C=O) groups is 2. The average Bonchev–Trinajstić information content (AvgIpc) is 2.95. The Hall–Kier alpha value is -1.12. The SMILES string of the molecule is CC(=O)Nc1ccc(Cl)c(N=C2NN(c3c(Cl)c(Cl)c(Cl)c(Cl)c3Cl)C(=O)C2Cl)c1. The maximum Gasteiger partial charge on any atom is 0.271 e. The molecular weight excluding hydrogens is 540 g/mol. The highest BCUT2D eigenvalue weighted by Crippen LogP contribution is 2.48. The number of nitrogens with zero attached hydrogens (tertiary/aromatic N) is 2. The molecule has 1 unspecified atom stereocenters. The van der Waals surface area contributed by atoms with Crippen LogP contribution in [0.4, 0.5) is 17.1 Å². The Labute approximate surface area is 205 Å². The molecule has 0 spiro atoms. The largest absolute Gasteiger partial charge is 0.326 e. The number of hydrogen-bond donors (Lipinski definition) is 2. The van der Waals surface area contributed by atoms with Gasteiger partial charge in [0.15, 0.2) is 5.38 Å². The first kappa shape index (κ1) is 23.5. The molecule has 1 fully saturated rings. The Balaban J connectivity index is 2.04. The quantitative estimate of drug-likeness (QED) is 0.253. The second kappa shape index (κ2) is 9.17. The molecule has 158 valence electrons. The second-order valence-electron chi connectivity index (χ2n) is 5.91. The van der Waals surface area contributed by atoms with E-state index in [0.29, 0.717) is 5.69 Å². The molecule has 2 N–H and O–H groups in total. The highest BCUT2D eigenvalue weighted by atomic mass is 35.5. The van der Waals surface area contributed by atoms with Gasteiger partial charge in [0, 0.05) is 12.6 Å². The zero-order valence-corrected chi connectivity index (χ0v) is 20.0. The van der Waals surface area contributed by atoms with Crippen molar-refractivity contribution in [3.05, 3.63) is 48.3 Å². The molecule has 6 nitrogen and oxygen atoms in total. The van der Waals surface area contributed by atoms with Gasteiger partial charge >= 0.3 is 0 Å². The zero-order chi connectivity index (χ0) is 22.3. The van der Waals surface area contributed by atoms with E-state index in [0.717, 1.165) is 5.01 Å². The lowest BCUT2D eigenvalue weighted by Crippen LogP contribution is -2.36. The van der Waals surface area contributed by atoms with Crippen LogP contribution in [0.15, 0.2) is 23.2 Å². The average molecular weight is 549 g/mol. The summed E-state index contributed by atoms with van der Waals surface area (Å²) < 4.78 is 0. The van der Waals surface area contributed by atoms with Gasteiger partial charge in [-0.25, -0.2) is 10.0 Å².